The number of ether oxygens (including phenoxy) is 6. The first-order chi connectivity index (χ1) is 32.5. The van der Waals surface area contributed by atoms with E-state index in [2.05, 4.69) is 48.5 Å². The number of amides is 1. The van der Waals surface area contributed by atoms with Gasteiger partial charge in [-0.3, -0.25) is 14.4 Å². The number of methoxy groups -OCH3 is 3. The quantitative estimate of drug-likeness (QED) is 0.135. The normalized spacial score (nSPS) is 35.5. The van der Waals surface area contributed by atoms with E-state index < -0.39 is 77.8 Å². The lowest BCUT2D eigenvalue weighted by molar-refractivity contribution is -0.302. The molecule has 3 fully saturated rings. The molecular weight excluding hydrogens is 869 g/mol. The number of hydrogen-bond acceptors (Lipinski definition) is 12. The van der Waals surface area contributed by atoms with Crippen molar-refractivity contribution in [1.82, 2.24) is 9.47 Å². The molecule has 1 aromatic carbocycles. The molecule has 4 aliphatic rings. The third kappa shape index (κ3) is 12.0. The molecule has 2 saturated heterocycles. The highest BCUT2D eigenvalue weighted by Crippen LogP contribution is 2.40. The van der Waals surface area contributed by atoms with Crippen LogP contribution in [0.5, 0.6) is 5.75 Å². The smallest absolute Gasteiger partial charge is 0.329 e. The first-order valence-corrected chi connectivity index (χ1v) is 24.9. The van der Waals surface area contributed by atoms with Gasteiger partial charge in [0.05, 0.1) is 24.4 Å². The average Bonchev–Trinajstić information content (AvgIpc) is 3.74. The van der Waals surface area contributed by atoms with Gasteiger partial charge in [0.15, 0.2) is 0 Å². The van der Waals surface area contributed by atoms with Gasteiger partial charge in [-0.2, -0.15) is 0 Å². The van der Waals surface area contributed by atoms with Gasteiger partial charge in [-0.15, -0.1) is 6.58 Å². The van der Waals surface area contributed by atoms with E-state index in [1.807, 2.05) is 32.9 Å². The number of Topliss-reactive ketones (excluding diaryl/α,β-unsaturated/α-hetero) is 2. The number of aryl methyl sites for hydroxylation is 1. The van der Waals surface area contributed by atoms with Gasteiger partial charge in [0.25, 0.3) is 11.7 Å². The van der Waals surface area contributed by atoms with Crippen molar-refractivity contribution in [3.63, 3.8) is 0 Å². The molecule has 68 heavy (non-hydrogen) atoms. The fraction of sp³-hybridized carbons (Fsp3) is 0.667. The van der Waals surface area contributed by atoms with Crippen molar-refractivity contribution < 1.29 is 57.8 Å². The number of piperidine rings is 1. The number of cyclic esters (lactones) is 1. The third-order valence-corrected chi connectivity index (χ3v) is 15.2. The van der Waals surface area contributed by atoms with Crippen molar-refractivity contribution >= 4 is 34.3 Å². The van der Waals surface area contributed by atoms with E-state index in [4.69, 9.17) is 28.4 Å². The zero-order valence-corrected chi connectivity index (χ0v) is 41.9. The Morgan fingerprint density at radius 3 is 2.34 bits per heavy atom. The van der Waals surface area contributed by atoms with Crippen LogP contribution in [0.2, 0.25) is 0 Å². The van der Waals surface area contributed by atoms with Gasteiger partial charge in [-0.05, 0) is 127 Å². The zero-order chi connectivity index (χ0) is 49.4. The van der Waals surface area contributed by atoms with Crippen LogP contribution in [0.3, 0.4) is 0 Å². The number of ketones is 2. The largest absolute Gasteiger partial charge is 0.488 e. The number of allylic oxidation sites excluding steroid dienone is 4. The van der Waals surface area contributed by atoms with Crippen LogP contribution in [0, 0.1) is 29.6 Å². The molecule has 376 valence electrons. The topological polar surface area (TPSA) is 172 Å². The minimum Gasteiger partial charge on any atom is -0.488 e. The number of fused-ring (bicyclic) bond motifs is 4. The highest BCUT2D eigenvalue weighted by molar-refractivity contribution is 6.39. The Hall–Kier alpha value is -4.18. The molecule has 6 rings (SSSR count). The highest BCUT2D eigenvalue weighted by Gasteiger charge is 2.56. The summed E-state index contributed by atoms with van der Waals surface area (Å²) >= 11 is 0. The Kier molecular flexibility index (Phi) is 18.5. The number of hydrogen-bond donors (Lipinski definition) is 2. The number of carbonyl (C=O) groups is 4. The number of rotatable bonds is 10. The van der Waals surface area contributed by atoms with Crippen LogP contribution >= 0.6 is 0 Å². The van der Waals surface area contributed by atoms with E-state index in [-0.39, 0.29) is 55.6 Å². The maximum absolute atomic E-state index is 14.6. The second-order valence-corrected chi connectivity index (χ2v) is 20.2. The standard InChI is InChI=1S/C54H78N2O12/c1-11-15-39-25-32(3)24-33(4)26-47(64-9)50-48(65-10)28-35(6)54(62,68-50)51(59)52(60)56-22-14-13-16-42(56)53(61)67-49(36(7)43(57)31-44(39)58)34(5)27-37-17-20-45(46(29-37)63-8)66-40-18-19-41-38(30-40)21-23-55(41)12-2/h11,18-19,21,23,25,27,30,33,35-37,39,42-43,45-50,57,62H,1,12-17,20,22,24,26,28-29,31H2,2-10H3. The van der Waals surface area contributed by atoms with Gasteiger partial charge < -0.3 is 48.1 Å². The number of esters is 1. The van der Waals surface area contributed by atoms with Crippen LogP contribution < -0.4 is 4.74 Å². The van der Waals surface area contributed by atoms with Gasteiger partial charge in [-0.1, -0.05) is 44.6 Å². The first-order valence-electron chi connectivity index (χ1n) is 24.9. The Bertz CT molecular complexity index is 2150. The maximum atomic E-state index is 14.6. The zero-order valence-electron chi connectivity index (χ0n) is 41.9. The van der Waals surface area contributed by atoms with Crippen LogP contribution in [-0.2, 0) is 49.4 Å². The van der Waals surface area contributed by atoms with E-state index in [9.17, 15) is 29.4 Å². The first kappa shape index (κ1) is 53.2. The predicted octanol–water partition coefficient (Wildman–Crippen LogP) is 7.70. The number of nitrogens with zero attached hydrogens (tertiary/aromatic N) is 2. The van der Waals surface area contributed by atoms with Crippen LogP contribution in [0.15, 0.2) is 66.4 Å². The summed E-state index contributed by atoms with van der Waals surface area (Å²) in [5.74, 6) is -6.97. The van der Waals surface area contributed by atoms with Gasteiger partial charge in [0.2, 0.25) is 5.79 Å². The molecule has 14 atom stereocenters. The number of benzene rings is 1. The molecule has 1 aromatic heterocycles. The number of aliphatic hydroxyl groups excluding tert-OH is 1. The molecule has 0 radical (unpaired) electrons. The predicted molar refractivity (Wildman–Crippen MR) is 259 cm³/mol. The second-order valence-electron chi connectivity index (χ2n) is 20.2. The average molecular weight is 947 g/mol. The van der Waals surface area contributed by atoms with Gasteiger partial charge in [0.1, 0.15) is 35.9 Å². The summed E-state index contributed by atoms with van der Waals surface area (Å²) in [4.78, 5) is 58.7. The fourth-order valence-corrected chi connectivity index (χ4v) is 11.2. The minimum absolute atomic E-state index is 0.00482. The lowest BCUT2D eigenvalue weighted by Gasteiger charge is -2.47. The lowest BCUT2D eigenvalue weighted by Crippen LogP contribution is -2.64. The molecular formula is C54H78N2O12. The van der Waals surface area contributed by atoms with Crippen LogP contribution in [0.25, 0.3) is 10.9 Å². The number of aromatic nitrogens is 1. The summed E-state index contributed by atoms with van der Waals surface area (Å²) in [5.41, 5.74) is 2.79. The Balaban J connectivity index is 1.31. The second kappa shape index (κ2) is 23.6. The Morgan fingerprint density at radius 2 is 1.65 bits per heavy atom. The van der Waals surface area contributed by atoms with E-state index in [1.54, 1.807) is 27.0 Å². The molecule has 14 nitrogen and oxygen atoms in total. The molecule has 2 bridgehead atoms. The molecule has 2 N–H and O–H groups in total. The van der Waals surface area contributed by atoms with Crippen molar-refractivity contribution in [2.45, 2.75) is 173 Å². The molecule has 2 aromatic rings. The Morgan fingerprint density at radius 1 is 0.926 bits per heavy atom. The van der Waals surface area contributed by atoms with Crippen molar-refractivity contribution in [1.29, 1.82) is 0 Å². The van der Waals surface area contributed by atoms with Gasteiger partial charge in [-0.25, -0.2) is 4.79 Å². The summed E-state index contributed by atoms with van der Waals surface area (Å²) in [7, 11) is 4.75. The fourth-order valence-electron chi connectivity index (χ4n) is 11.2. The van der Waals surface area contributed by atoms with Gasteiger partial charge >= 0.3 is 5.97 Å². The molecule has 3 aliphatic heterocycles. The molecule has 1 amide bonds. The van der Waals surface area contributed by atoms with Crippen LogP contribution in [0.1, 0.15) is 112 Å². The van der Waals surface area contributed by atoms with E-state index >= 15 is 0 Å². The van der Waals surface area contributed by atoms with E-state index in [0.717, 1.165) is 35.2 Å². The maximum Gasteiger partial charge on any atom is 0.329 e. The van der Waals surface area contributed by atoms with Gasteiger partial charge in [0, 0.05) is 75.7 Å². The molecule has 1 saturated carbocycles. The highest BCUT2D eigenvalue weighted by atomic mass is 16.7. The van der Waals surface area contributed by atoms with Crippen LogP contribution in [-0.4, -0.2) is 126 Å². The SMILES string of the molecule is C=CCC1C=C(C)CC(C)CC(OC)C2OC(O)(C(=O)C(=O)N3CCCCC3C(=O)OC(C(C)=CC3CCC(Oc4ccc5c(ccn5CC)c4)C(OC)C3)C(C)C(O)CC1=O)C(C)CC2OC. The van der Waals surface area contributed by atoms with Crippen molar-refractivity contribution in [2.24, 2.45) is 29.6 Å². The lowest BCUT2D eigenvalue weighted by atomic mass is 9.81. The summed E-state index contributed by atoms with van der Waals surface area (Å²) in [6.07, 6.45) is 7.96. The summed E-state index contributed by atoms with van der Waals surface area (Å²) < 4.78 is 39.3. The molecule has 1 aliphatic carbocycles. The minimum atomic E-state index is -2.52. The number of carbonyl (C=O) groups excluding carboxylic acids is 4. The summed E-state index contributed by atoms with van der Waals surface area (Å²) in [5, 5.41) is 25.2. The summed E-state index contributed by atoms with van der Waals surface area (Å²) in [6.45, 7) is 16.3. The molecule has 0 spiro atoms. The third-order valence-electron chi connectivity index (χ3n) is 15.2. The Labute approximate surface area is 403 Å². The van der Waals surface area contributed by atoms with Crippen LogP contribution in [0.4, 0.5) is 0 Å². The monoisotopic (exact) mass is 947 g/mol. The number of aliphatic hydroxyl groups is 2. The summed E-state index contributed by atoms with van der Waals surface area (Å²) in [6, 6.07) is 7.07. The van der Waals surface area contributed by atoms with Crippen molar-refractivity contribution in [3.05, 3.63) is 66.4 Å². The van der Waals surface area contributed by atoms with E-state index in [1.165, 1.54) is 19.1 Å². The van der Waals surface area contributed by atoms with Crippen molar-refractivity contribution in [3.8, 4) is 5.75 Å². The molecule has 4 heterocycles. The van der Waals surface area contributed by atoms with Crippen molar-refractivity contribution in [2.75, 3.05) is 27.9 Å². The van der Waals surface area contributed by atoms with E-state index in [0.29, 0.717) is 50.5 Å². The molecule has 14 unspecified atom stereocenters. The molecule has 14 heteroatoms.